The summed E-state index contributed by atoms with van der Waals surface area (Å²) in [5.41, 5.74) is 0.445. The molecule has 0 aliphatic rings. The number of rotatable bonds is 6. The highest BCUT2D eigenvalue weighted by Gasteiger charge is 2.38. The summed E-state index contributed by atoms with van der Waals surface area (Å²) in [6.07, 6.45) is -0.759. The van der Waals surface area contributed by atoms with Crippen molar-refractivity contribution in [1.82, 2.24) is 25.2 Å². The number of carbonyl (C=O) groups excluding carboxylic acids is 1. The highest BCUT2D eigenvalue weighted by Crippen LogP contribution is 2.31. The van der Waals surface area contributed by atoms with Gasteiger partial charge in [-0.05, 0) is 25.5 Å². The van der Waals surface area contributed by atoms with E-state index in [1.165, 1.54) is 17.5 Å². The zero-order valence-corrected chi connectivity index (χ0v) is 15.3. The largest absolute Gasteiger partial charge is 0.471 e. The van der Waals surface area contributed by atoms with Crippen LogP contribution in [0.15, 0.2) is 29.0 Å². The lowest BCUT2D eigenvalue weighted by atomic mass is 10.2. The number of hydrogen-bond acceptors (Lipinski definition) is 6. The lowest BCUT2D eigenvalue weighted by Crippen LogP contribution is -2.31. The molecule has 1 unspecified atom stereocenters. The van der Waals surface area contributed by atoms with E-state index in [0.717, 1.165) is 11.3 Å². The maximum absolute atomic E-state index is 12.5. The number of hydrogen-bond donors (Lipinski definition) is 1. The van der Waals surface area contributed by atoms with E-state index in [0.29, 0.717) is 17.0 Å². The van der Waals surface area contributed by atoms with Crippen molar-refractivity contribution >= 4 is 17.2 Å². The van der Waals surface area contributed by atoms with Crippen molar-refractivity contribution in [3.05, 3.63) is 40.9 Å². The summed E-state index contributed by atoms with van der Waals surface area (Å²) >= 11 is 1.22. The molecule has 1 N–H and O–H groups in total. The molecule has 0 saturated carbocycles. The summed E-state index contributed by atoms with van der Waals surface area (Å²) < 4.78 is 43.4. The highest BCUT2D eigenvalue weighted by atomic mass is 32.1. The summed E-state index contributed by atoms with van der Waals surface area (Å²) in [6.45, 7) is 4.26. The fourth-order valence-corrected chi connectivity index (χ4v) is 3.08. The monoisotopic (exact) mass is 399 g/mol. The van der Waals surface area contributed by atoms with Crippen LogP contribution in [0.25, 0.3) is 10.7 Å². The molecule has 3 aromatic rings. The van der Waals surface area contributed by atoms with Gasteiger partial charge in [-0.25, -0.2) is 0 Å². The van der Waals surface area contributed by atoms with Gasteiger partial charge in [0.05, 0.1) is 23.2 Å². The van der Waals surface area contributed by atoms with Gasteiger partial charge in [0, 0.05) is 17.1 Å². The lowest BCUT2D eigenvalue weighted by Gasteiger charge is -2.09. The summed E-state index contributed by atoms with van der Waals surface area (Å²) in [5.74, 6) is -1.70. The van der Waals surface area contributed by atoms with Crippen LogP contribution >= 0.6 is 11.3 Å². The first-order valence-corrected chi connectivity index (χ1v) is 8.91. The van der Waals surface area contributed by atoms with Crippen molar-refractivity contribution in [3.63, 3.8) is 0 Å². The molecule has 144 valence electrons. The van der Waals surface area contributed by atoms with E-state index >= 15 is 0 Å². The van der Waals surface area contributed by atoms with Gasteiger partial charge in [0.1, 0.15) is 0 Å². The second kappa shape index (κ2) is 7.51. The maximum Gasteiger partial charge on any atom is 0.471 e. The van der Waals surface area contributed by atoms with Crippen LogP contribution in [-0.4, -0.2) is 31.9 Å². The summed E-state index contributed by atoms with van der Waals surface area (Å²) in [6, 6.07) is 3.42. The molecule has 3 aromatic heterocycles. The molecule has 1 amide bonds. The molecule has 27 heavy (non-hydrogen) atoms. The van der Waals surface area contributed by atoms with Crippen molar-refractivity contribution in [2.24, 2.45) is 0 Å². The zero-order chi connectivity index (χ0) is 19.6. The molecule has 11 heteroatoms. The fourth-order valence-electron chi connectivity index (χ4n) is 2.16. The Morgan fingerprint density at radius 1 is 1.41 bits per heavy atom. The topological polar surface area (TPSA) is 85.8 Å². The Bertz CT molecular complexity index is 931. The number of alkyl halides is 3. The standard InChI is InChI=1S/C16H16F3N5O2S/c1-3-9(2)21-14(25)10-6-20-24(7-10)8-11-4-5-12(27-11)13-22-15(26-23-13)16(17,18)19/h4-7,9H,3,8H2,1-2H3,(H,21,25). The van der Waals surface area contributed by atoms with Gasteiger partial charge in [0.25, 0.3) is 5.91 Å². The first-order valence-electron chi connectivity index (χ1n) is 8.09. The third kappa shape index (κ3) is 4.54. The fraction of sp³-hybridized carbons (Fsp3) is 0.375. The first-order chi connectivity index (χ1) is 12.8. The molecular formula is C16H16F3N5O2S. The molecule has 0 spiro atoms. The summed E-state index contributed by atoms with van der Waals surface area (Å²) in [4.78, 5) is 16.7. The van der Waals surface area contributed by atoms with E-state index < -0.39 is 12.1 Å². The van der Waals surface area contributed by atoms with Crippen LogP contribution < -0.4 is 5.32 Å². The number of nitrogens with zero attached hydrogens (tertiary/aromatic N) is 4. The number of thiophene rings is 1. The molecule has 3 heterocycles. The summed E-state index contributed by atoms with van der Waals surface area (Å²) in [7, 11) is 0. The van der Waals surface area contributed by atoms with E-state index in [-0.39, 0.29) is 17.8 Å². The van der Waals surface area contributed by atoms with Gasteiger partial charge in [-0.1, -0.05) is 12.1 Å². The Kier molecular flexibility index (Phi) is 5.31. The van der Waals surface area contributed by atoms with E-state index in [1.807, 2.05) is 13.8 Å². The molecule has 0 radical (unpaired) electrons. The first kappa shape index (κ1) is 19.1. The van der Waals surface area contributed by atoms with Crippen molar-refractivity contribution in [1.29, 1.82) is 0 Å². The molecule has 7 nitrogen and oxygen atoms in total. The Balaban J connectivity index is 1.68. The Morgan fingerprint density at radius 3 is 2.85 bits per heavy atom. The zero-order valence-electron chi connectivity index (χ0n) is 14.4. The van der Waals surface area contributed by atoms with E-state index in [9.17, 15) is 18.0 Å². The molecular weight excluding hydrogens is 383 g/mol. The molecule has 0 fully saturated rings. The van der Waals surface area contributed by atoms with Crippen LogP contribution in [0.1, 0.15) is 41.4 Å². The van der Waals surface area contributed by atoms with Crippen LogP contribution in [-0.2, 0) is 12.7 Å². The van der Waals surface area contributed by atoms with Crippen LogP contribution in [0, 0.1) is 0 Å². The van der Waals surface area contributed by atoms with Crippen LogP contribution in [0.3, 0.4) is 0 Å². The maximum atomic E-state index is 12.5. The number of nitrogens with one attached hydrogen (secondary N) is 1. The smallest absolute Gasteiger partial charge is 0.350 e. The third-order valence-corrected chi connectivity index (χ3v) is 4.82. The van der Waals surface area contributed by atoms with Crippen molar-refractivity contribution in [3.8, 4) is 10.7 Å². The van der Waals surface area contributed by atoms with Gasteiger partial charge in [-0.2, -0.15) is 23.3 Å². The van der Waals surface area contributed by atoms with Gasteiger partial charge in [-0.3, -0.25) is 9.48 Å². The average molecular weight is 399 g/mol. The predicted octanol–water partition coefficient (Wildman–Crippen LogP) is 3.59. The second-order valence-corrected chi connectivity index (χ2v) is 7.06. The normalized spacial score (nSPS) is 12.9. The highest BCUT2D eigenvalue weighted by molar-refractivity contribution is 7.15. The molecule has 1 atom stereocenters. The molecule has 0 aliphatic heterocycles. The van der Waals surface area contributed by atoms with Gasteiger partial charge < -0.3 is 9.84 Å². The van der Waals surface area contributed by atoms with E-state index in [4.69, 9.17) is 0 Å². The average Bonchev–Trinajstić information content (AvgIpc) is 3.34. The van der Waals surface area contributed by atoms with Crippen LogP contribution in [0.2, 0.25) is 0 Å². The minimum atomic E-state index is -4.67. The molecule has 3 rings (SSSR count). The Hall–Kier alpha value is -2.69. The Labute approximate surface area is 156 Å². The lowest BCUT2D eigenvalue weighted by molar-refractivity contribution is -0.159. The van der Waals surface area contributed by atoms with Crippen molar-refractivity contribution < 1.29 is 22.5 Å². The number of halogens is 3. The molecule has 0 saturated heterocycles. The van der Waals surface area contributed by atoms with Gasteiger partial charge in [-0.15, -0.1) is 11.3 Å². The van der Waals surface area contributed by atoms with Crippen LogP contribution in [0.4, 0.5) is 13.2 Å². The van der Waals surface area contributed by atoms with E-state index in [1.54, 1.807) is 23.0 Å². The molecule has 0 aliphatic carbocycles. The SMILES string of the molecule is CCC(C)NC(=O)c1cnn(Cc2ccc(-c3noc(C(F)(F)F)n3)s2)c1. The molecule has 0 aromatic carbocycles. The second-order valence-electron chi connectivity index (χ2n) is 5.90. The van der Waals surface area contributed by atoms with E-state index in [2.05, 4.69) is 25.1 Å². The van der Waals surface area contributed by atoms with Gasteiger partial charge >= 0.3 is 12.1 Å². The number of aromatic nitrogens is 4. The Morgan fingerprint density at radius 2 is 2.19 bits per heavy atom. The molecule has 0 bridgehead atoms. The van der Waals surface area contributed by atoms with Gasteiger partial charge in [0.2, 0.25) is 5.82 Å². The van der Waals surface area contributed by atoms with Crippen LogP contribution in [0.5, 0.6) is 0 Å². The van der Waals surface area contributed by atoms with Crippen molar-refractivity contribution in [2.45, 2.75) is 39.0 Å². The van der Waals surface area contributed by atoms with Crippen molar-refractivity contribution in [2.75, 3.05) is 0 Å². The number of carbonyl (C=O) groups is 1. The number of amides is 1. The minimum Gasteiger partial charge on any atom is -0.350 e. The quantitative estimate of drug-likeness (QED) is 0.685. The third-order valence-electron chi connectivity index (χ3n) is 3.75. The summed E-state index contributed by atoms with van der Waals surface area (Å²) in [5, 5.41) is 10.4. The minimum absolute atomic E-state index is 0.0669. The predicted molar refractivity (Wildman–Crippen MR) is 91.2 cm³/mol. The van der Waals surface area contributed by atoms with Gasteiger partial charge in [0.15, 0.2) is 0 Å².